The Labute approximate surface area is 112 Å². The number of rotatable bonds is 4. The summed E-state index contributed by atoms with van der Waals surface area (Å²) in [5.41, 5.74) is -0.399. The highest BCUT2D eigenvalue weighted by molar-refractivity contribution is 6.45. The zero-order chi connectivity index (χ0) is 13.4. The molecule has 0 amide bonds. The van der Waals surface area contributed by atoms with E-state index in [0.717, 1.165) is 25.8 Å². The predicted octanol–water partition coefficient (Wildman–Crippen LogP) is 3.28. The van der Waals surface area contributed by atoms with Crippen LogP contribution in [-0.4, -0.2) is 31.0 Å². The molecule has 0 bridgehead atoms. The van der Waals surface area contributed by atoms with E-state index < -0.39 is 0 Å². The quantitative estimate of drug-likeness (QED) is 0.720. The van der Waals surface area contributed by atoms with Crippen LogP contribution in [0.1, 0.15) is 53.9 Å². The van der Waals surface area contributed by atoms with Gasteiger partial charge in [0.25, 0.3) is 0 Å². The molecule has 2 atom stereocenters. The largest absolute Gasteiger partial charge is 0.457 e. The summed E-state index contributed by atoms with van der Waals surface area (Å²) >= 11 is 0. The third kappa shape index (κ3) is 2.92. The van der Waals surface area contributed by atoms with Crippen LogP contribution in [0.5, 0.6) is 0 Å². The summed E-state index contributed by atoms with van der Waals surface area (Å²) in [6.45, 7) is 11.6. The highest BCUT2D eigenvalue weighted by Gasteiger charge is 2.50. The molecule has 0 saturated carbocycles. The van der Waals surface area contributed by atoms with E-state index in [1.54, 1.807) is 0 Å². The van der Waals surface area contributed by atoms with Crippen molar-refractivity contribution in [3.63, 3.8) is 0 Å². The van der Waals surface area contributed by atoms with E-state index in [9.17, 15) is 0 Å². The van der Waals surface area contributed by atoms with Gasteiger partial charge in [-0.3, -0.25) is 0 Å². The molecular formula is C14H27BO3. The molecule has 0 aromatic heterocycles. The van der Waals surface area contributed by atoms with Crippen LogP contribution in [0.15, 0.2) is 0 Å². The Morgan fingerprint density at radius 1 is 1.11 bits per heavy atom. The lowest BCUT2D eigenvalue weighted by molar-refractivity contribution is 0.00578. The van der Waals surface area contributed by atoms with Crippen molar-refractivity contribution in [2.24, 2.45) is 5.92 Å². The molecule has 2 fully saturated rings. The van der Waals surface area contributed by atoms with Gasteiger partial charge in [0, 0.05) is 6.61 Å². The summed E-state index contributed by atoms with van der Waals surface area (Å²) in [5, 5.41) is 0. The Morgan fingerprint density at radius 2 is 1.72 bits per heavy atom. The van der Waals surface area contributed by atoms with Crippen LogP contribution in [0.2, 0.25) is 6.32 Å². The molecule has 0 aromatic rings. The van der Waals surface area contributed by atoms with Gasteiger partial charge in [-0.2, -0.15) is 0 Å². The molecule has 4 heteroatoms. The van der Waals surface area contributed by atoms with E-state index in [4.69, 9.17) is 14.0 Å². The van der Waals surface area contributed by atoms with Crippen LogP contribution < -0.4 is 0 Å². The maximum absolute atomic E-state index is 5.99. The predicted molar refractivity (Wildman–Crippen MR) is 73.6 cm³/mol. The Bertz CT molecular complexity index is 275. The van der Waals surface area contributed by atoms with Gasteiger partial charge in [-0.25, -0.2) is 0 Å². The first-order valence-corrected chi connectivity index (χ1v) is 7.29. The highest BCUT2D eigenvalue weighted by atomic mass is 16.7. The van der Waals surface area contributed by atoms with Crippen molar-refractivity contribution in [2.45, 2.75) is 77.5 Å². The molecule has 2 heterocycles. The van der Waals surface area contributed by atoms with Crippen molar-refractivity contribution < 1.29 is 14.0 Å². The third-order valence-corrected chi connectivity index (χ3v) is 4.77. The minimum Gasteiger partial charge on any atom is -0.403 e. The topological polar surface area (TPSA) is 27.7 Å². The maximum Gasteiger partial charge on any atom is 0.457 e. The van der Waals surface area contributed by atoms with E-state index >= 15 is 0 Å². The SMILES string of the molecule is CC1CCO[C@@H]1CCCB1OC(C)(C)C(C)(C)O1. The van der Waals surface area contributed by atoms with E-state index in [1.165, 1.54) is 6.42 Å². The summed E-state index contributed by atoms with van der Waals surface area (Å²) in [5.74, 6) is 0.711. The Kier molecular flexibility index (Phi) is 4.10. The zero-order valence-electron chi connectivity index (χ0n) is 12.5. The standard InChI is InChI=1S/C14H27BO3/c1-11-8-10-16-12(11)7-6-9-15-17-13(2,3)14(4,5)18-15/h11-12H,6-10H2,1-5H3/t11?,12-/m1/s1. The maximum atomic E-state index is 5.99. The fraction of sp³-hybridized carbons (Fsp3) is 1.00. The van der Waals surface area contributed by atoms with Crippen LogP contribution in [0.3, 0.4) is 0 Å². The lowest BCUT2D eigenvalue weighted by Gasteiger charge is -2.32. The molecule has 0 spiro atoms. The molecule has 104 valence electrons. The monoisotopic (exact) mass is 254 g/mol. The molecule has 0 radical (unpaired) electrons. The van der Waals surface area contributed by atoms with Crippen molar-refractivity contribution in [2.75, 3.05) is 6.61 Å². The van der Waals surface area contributed by atoms with Gasteiger partial charge in [0.05, 0.1) is 17.3 Å². The van der Waals surface area contributed by atoms with E-state index in [0.29, 0.717) is 12.0 Å². The molecule has 0 aromatic carbocycles. The lowest BCUT2D eigenvalue weighted by Crippen LogP contribution is -2.41. The second-order valence-electron chi connectivity index (χ2n) is 6.79. The molecule has 3 nitrogen and oxygen atoms in total. The van der Waals surface area contributed by atoms with Gasteiger partial charge in [-0.15, -0.1) is 0 Å². The summed E-state index contributed by atoms with van der Waals surface area (Å²) < 4.78 is 17.7. The van der Waals surface area contributed by atoms with Gasteiger partial charge < -0.3 is 14.0 Å². The summed E-state index contributed by atoms with van der Waals surface area (Å²) in [4.78, 5) is 0. The van der Waals surface area contributed by atoms with Crippen molar-refractivity contribution in [1.29, 1.82) is 0 Å². The third-order valence-electron chi connectivity index (χ3n) is 4.77. The van der Waals surface area contributed by atoms with Crippen molar-refractivity contribution >= 4 is 7.12 Å². The minimum absolute atomic E-state index is 0.0493. The first-order valence-electron chi connectivity index (χ1n) is 7.29. The average molecular weight is 254 g/mol. The van der Waals surface area contributed by atoms with E-state index in [-0.39, 0.29) is 18.3 Å². The van der Waals surface area contributed by atoms with Gasteiger partial charge in [0.15, 0.2) is 0 Å². The van der Waals surface area contributed by atoms with Crippen LogP contribution >= 0.6 is 0 Å². The molecule has 2 rings (SSSR count). The number of hydrogen-bond acceptors (Lipinski definition) is 3. The van der Waals surface area contributed by atoms with Crippen LogP contribution in [0.4, 0.5) is 0 Å². The smallest absolute Gasteiger partial charge is 0.403 e. The molecular weight excluding hydrogens is 227 g/mol. The van der Waals surface area contributed by atoms with Gasteiger partial charge in [-0.05, 0) is 52.8 Å². The molecule has 0 N–H and O–H groups in total. The Hall–Kier alpha value is -0.0551. The van der Waals surface area contributed by atoms with Crippen molar-refractivity contribution in [1.82, 2.24) is 0 Å². The van der Waals surface area contributed by atoms with Crippen LogP contribution in [0, 0.1) is 5.92 Å². The molecule has 0 aliphatic carbocycles. The van der Waals surface area contributed by atoms with Gasteiger partial charge in [0.1, 0.15) is 0 Å². The molecule has 18 heavy (non-hydrogen) atoms. The molecule has 2 aliphatic rings. The first-order chi connectivity index (χ1) is 8.32. The minimum atomic E-state index is -0.200. The molecule has 2 aliphatic heterocycles. The van der Waals surface area contributed by atoms with E-state index in [2.05, 4.69) is 34.6 Å². The second-order valence-corrected chi connectivity index (χ2v) is 6.79. The number of hydrogen-bond donors (Lipinski definition) is 0. The average Bonchev–Trinajstić information content (AvgIpc) is 2.70. The molecule has 2 saturated heterocycles. The van der Waals surface area contributed by atoms with Gasteiger partial charge in [-0.1, -0.05) is 13.3 Å². The lowest BCUT2D eigenvalue weighted by atomic mass is 9.81. The summed E-state index contributed by atoms with van der Waals surface area (Å²) in [7, 11) is -0.0493. The van der Waals surface area contributed by atoms with Gasteiger partial charge in [0.2, 0.25) is 0 Å². The van der Waals surface area contributed by atoms with Crippen molar-refractivity contribution in [3.05, 3.63) is 0 Å². The van der Waals surface area contributed by atoms with Crippen LogP contribution in [-0.2, 0) is 14.0 Å². The number of ether oxygens (including phenoxy) is 1. The fourth-order valence-corrected chi connectivity index (χ4v) is 2.69. The first kappa shape index (κ1) is 14.4. The summed E-state index contributed by atoms with van der Waals surface area (Å²) in [6, 6.07) is 0. The summed E-state index contributed by atoms with van der Waals surface area (Å²) in [6.07, 6.45) is 4.88. The zero-order valence-corrected chi connectivity index (χ0v) is 12.5. The molecule has 1 unspecified atom stereocenters. The van der Waals surface area contributed by atoms with Crippen molar-refractivity contribution in [3.8, 4) is 0 Å². The normalized spacial score (nSPS) is 34.2. The second kappa shape index (κ2) is 5.14. The Balaban J connectivity index is 1.72. The fourth-order valence-electron chi connectivity index (χ4n) is 2.69. The highest BCUT2D eigenvalue weighted by Crippen LogP contribution is 2.38. The van der Waals surface area contributed by atoms with Crippen LogP contribution in [0.25, 0.3) is 0 Å². The Morgan fingerprint density at radius 3 is 2.22 bits per heavy atom. The van der Waals surface area contributed by atoms with E-state index in [1.807, 2.05) is 0 Å². The van der Waals surface area contributed by atoms with Gasteiger partial charge >= 0.3 is 7.12 Å².